The van der Waals surface area contributed by atoms with Gasteiger partial charge in [-0.1, -0.05) is 12.8 Å². The van der Waals surface area contributed by atoms with Gasteiger partial charge in [0.25, 0.3) is 0 Å². The van der Waals surface area contributed by atoms with Gasteiger partial charge in [-0.05, 0) is 18.8 Å². The molecule has 0 bridgehead atoms. The van der Waals surface area contributed by atoms with Crippen molar-refractivity contribution in [3.05, 3.63) is 0 Å². The van der Waals surface area contributed by atoms with Gasteiger partial charge in [-0.25, -0.2) is 0 Å². The topological polar surface area (TPSA) is 57.5 Å². The van der Waals surface area contributed by atoms with Crippen molar-refractivity contribution in [3.63, 3.8) is 0 Å². The number of aliphatic carboxylic acids is 1. The van der Waals surface area contributed by atoms with Crippen molar-refractivity contribution in [1.82, 2.24) is 0 Å². The number of aliphatic hydroxyl groups is 1. The fraction of sp³-hybridized carbons (Fsp3) is 0.875. The standard InChI is InChI=1S/C8H14O3/c9-5-6-3-1-2-4-7(6)8(10)11/h6-7,9H,1-5H2,(H,10,11)/t6-,7-/m0/s1. The van der Waals surface area contributed by atoms with E-state index in [0.29, 0.717) is 0 Å². The molecule has 3 heteroatoms. The van der Waals surface area contributed by atoms with Gasteiger partial charge in [-0.3, -0.25) is 4.79 Å². The highest BCUT2D eigenvalue weighted by molar-refractivity contribution is 5.70. The molecule has 3 nitrogen and oxygen atoms in total. The molecule has 11 heavy (non-hydrogen) atoms. The Morgan fingerprint density at radius 2 is 2.00 bits per heavy atom. The quantitative estimate of drug-likeness (QED) is 0.627. The zero-order valence-electron chi connectivity index (χ0n) is 6.49. The van der Waals surface area contributed by atoms with E-state index in [4.69, 9.17) is 10.2 Å². The summed E-state index contributed by atoms with van der Waals surface area (Å²) in [5.41, 5.74) is 0. The molecule has 0 spiro atoms. The third-order valence-corrected chi connectivity index (χ3v) is 2.46. The first kappa shape index (κ1) is 8.53. The number of hydrogen-bond acceptors (Lipinski definition) is 2. The average Bonchev–Trinajstić information content (AvgIpc) is 2.04. The first-order chi connectivity index (χ1) is 5.25. The molecule has 0 radical (unpaired) electrons. The van der Waals surface area contributed by atoms with Crippen molar-refractivity contribution in [2.24, 2.45) is 11.8 Å². The van der Waals surface area contributed by atoms with Gasteiger partial charge in [0, 0.05) is 6.61 Å². The summed E-state index contributed by atoms with van der Waals surface area (Å²) in [7, 11) is 0. The monoisotopic (exact) mass is 158 g/mol. The first-order valence-corrected chi connectivity index (χ1v) is 4.09. The lowest BCUT2D eigenvalue weighted by Crippen LogP contribution is -2.29. The van der Waals surface area contributed by atoms with Crippen LogP contribution in [-0.4, -0.2) is 22.8 Å². The van der Waals surface area contributed by atoms with Gasteiger partial charge in [0.2, 0.25) is 0 Å². The number of aliphatic hydroxyl groups excluding tert-OH is 1. The highest BCUT2D eigenvalue weighted by atomic mass is 16.4. The van der Waals surface area contributed by atoms with Gasteiger partial charge in [-0.15, -0.1) is 0 Å². The fourth-order valence-electron chi connectivity index (χ4n) is 1.75. The number of hydrogen-bond donors (Lipinski definition) is 2. The SMILES string of the molecule is O=C(O)[C@H]1CCCC[C@H]1CO. The van der Waals surface area contributed by atoms with Gasteiger partial charge in [0.15, 0.2) is 0 Å². The minimum absolute atomic E-state index is 0.00116. The Balaban J connectivity index is 2.51. The van der Waals surface area contributed by atoms with Crippen LogP contribution in [0.15, 0.2) is 0 Å². The zero-order chi connectivity index (χ0) is 8.27. The smallest absolute Gasteiger partial charge is 0.306 e. The molecule has 1 fully saturated rings. The van der Waals surface area contributed by atoms with E-state index < -0.39 is 5.97 Å². The molecule has 0 aromatic heterocycles. The van der Waals surface area contributed by atoms with Gasteiger partial charge >= 0.3 is 5.97 Å². The molecule has 1 aliphatic rings. The Bertz CT molecular complexity index is 144. The minimum atomic E-state index is -0.747. The minimum Gasteiger partial charge on any atom is -0.481 e. The summed E-state index contributed by atoms with van der Waals surface area (Å²) in [6, 6.07) is 0. The summed E-state index contributed by atoms with van der Waals surface area (Å²) in [4.78, 5) is 10.6. The third kappa shape index (κ3) is 1.93. The van der Waals surface area contributed by atoms with E-state index in [-0.39, 0.29) is 18.4 Å². The summed E-state index contributed by atoms with van der Waals surface area (Å²) in [5, 5.41) is 17.6. The van der Waals surface area contributed by atoms with Crippen molar-refractivity contribution in [1.29, 1.82) is 0 Å². The van der Waals surface area contributed by atoms with Crippen LogP contribution in [0.25, 0.3) is 0 Å². The number of carboxylic acids is 1. The third-order valence-electron chi connectivity index (χ3n) is 2.46. The molecular formula is C8H14O3. The normalized spacial score (nSPS) is 31.7. The maximum absolute atomic E-state index is 10.6. The van der Waals surface area contributed by atoms with Crippen LogP contribution >= 0.6 is 0 Å². The van der Waals surface area contributed by atoms with Crippen LogP contribution in [0, 0.1) is 11.8 Å². The maximum atomic E-state index is 10.6. The van der Waals surface area contributed by atoms with Crippen molar-refractivity contribution < 1.29 is 15.0 Å². The molecule has 1 rings (SSSR count). The lowest BCUT2D eigenvalue weighted by Gasteiger charge is -2.26. The van der Waals surface area contributed by atoms with E-state index >= 15 is 0 Å². The Morgan fingerprint density at radius 3 is 2.45 bits per heavy atom. The molecule has 0 aliphatic heterocycles. The van der Waals surface area contributed by atoms with Crippen molar-refractivity contribution in [3.8, 4) is 0 Å². The predicted octanol–water partition coefficient (Wildman–Crippen LogP) is 0.870. The van der Waals surface area contributed by atoms with Crippen LogP contribution < -0.4 is 0 Å². The number of carboxylic acid groups (broad SMARTS) is 1. The second-order valence-electron chi connectivity index (χ2n) is 3.17. The van der Waals surface area contributed by atoms with E-state index in [1.165, 1.54) is 0 Å². The number of rotatable bonds is 2. The largest absolute Gasteiger partial charge is 0.481 e. The molecule has 0 aromatic rings. The molecule has 0 heterocycles. The van der Waals surface area contributed by atoms with Crippen LogP contribution in [0.2, 0.25) is 0 Å². The molecule has 64 valence electrons. The van der Waals surface area contributed by atoms with Crippen LogP contribution in [-0.2, 0) is 4.79 Å². The molecule has 1 saturated carbocycles. The van der Waals surface area contributed by atoms with E-state index in [9.17, 15) is 4.79 Å². The molecule has 0 unspecified atom stereocenters. The Hall–Kier alpha value is -0.570. The van der Waals surface area contributed by atoms with Gasteiger partial charge in [0.1, 0.15) is 0 Å². The molecular weight excluding hydrogens is 144 g/mol. The first-order valence-electron chi connectivity index (χ1n) is 4.09. The summed E-state index contributed by atoms with van der Waals surface area (Å²) in [6.07, 6.45) is 3.66. The summed E-state index contributed by atoms with van der Waals surface area (Å²) < 4.78 is 0. The van der Waals surface area contributed by atoms with E-state index in [0.717, 1.165) is 25.7 Å². The lowest BCUT2D eigenvalue weighted by atomic mass is 9.80. The zero-order valence-corrected chi connectivity index (χ0v) is 6.49. The number of carbonyl (C=O) groups is 1. The Kier molecular flexibility index (Phi) is 2.88. The lowest BCUT2D eigenvalue weighted by molar-refractivity contribution is -0.145. The Labute approximate surface area is 66.0 Å². The summed E-state index contributed by atoms with van der Waals surface area (Å²) in [5.74, 6) is -1.04. The summed E-state index contributed by atoms with van der Waals surface area (Å²) in [6.45, 7) is 0.0248. The molecule has 2 N–H and O–H groups in total. The van der Waals surface area contributed by atoms with E-state index in [2.05, 4.69) is 0 Å². The molecule has 2 atom stereocenters. The highest BCUT2D eigenvalue weighted by Crippen LogP contribution is 2.29. The predicted molar refractivity (Wildman–Crippen MR) is 40.2 cm³/mol. The molecule has 0 saturated heterocycles. The fourth-order valence-corrected chi connectivity index (χ4v) is 1.75. The van der Waals surface area contributed by atoms with Gasteiger partial charge < -0.3 is 10.2 Å². The second kappa shape index (κ2) is 3.72. The van der Waals surface area contributed by atoms with Crippen LogP contribution in [0.4, 0.5) is 0 Å². The average molecular weight is 158 g/mol. The van der Waals surface area contributed by atoms with Crippen LogP contribution in [0.3, 0.4) is 0 Å². The maximum Gasteiger partial charge on any atom is 0.306 e. The van der Waals surface area contributed by atoms with Crippen LogP contribution in [0.5, 0.6) is 0 Å². The molecule has 1 aliphatic carbocycles. The van der Waals surface area contributed by atoms with Gasteiger partial charge in [-0.2, -0.15) is 0 Å². The van der Waals surface area contributed by atoms with Gasteiger partial charge in [0.05, 0.1) is 5.92 Å². The molecule has 0 amide bonds. The highest BCUT2D eigenvalue weighted by Gasteiger charge is 2.29. The van der Waals surface area contributed by atoms with Crippen molar-refractivity contribution >= 4 is 5.97 Å². The Morgan fingerprint density at radius 1 is 1.36 bits per heavy atom. The van der Waals surface area contributed by atoms with E-state index in [1.54, 1.807) is 0 Å². The van der Waals surface area contributed by atoms with Crippen molar-refractivity contribution in [2.75, 3.05) is 6.61 Å². The summed E-state index contributed by atoms with van der Waals surface area (Å²) >= 11 is 0. The second-order valence-corrected chi connectivity index (χ2v) is 3.17. The van der Waals surface area contributed by atoms with Crippen LogP contribution in [0.1, 0.15) is 25.7 Å². The van der Waals surface area contributed by atoms with E-state index in [1.807, 2.05) is 0 Å². The van der Waals surface area contributed by atoms with Crippen molar-refractivity contribution in [2.45, 2.75) is 25.7 Å². The molecule has 0 aromatic carbocycles.